The average molecular weight is 549 g/mol. The van der Waals surface area contributed by atoms with E-state index in [1.54, 1.807) is 19.9 Å². The van der Waals surface area contributed by atoms with Gasteiger partial charge in [-0.05, 0) is 77.5 Å². The van der Waals surface area contributed by atoms with Crippen LogP contribution in [0.25, 0.3) is 0 Å². The number of carbonyl (C=O) groups excluding carboxylic acids is 1. The molecule has 4 atom stereocenters. The van der Waals surface area contributed by atoms with Crippen LogP contribution >= 0.6 is 0 Å². The molecule has 1 spiro atoms. The van der Waals surface area contributed by atoms with Crippen molar-refractivity contribution in [3.8, 4) is 11.5 Å². The van der Waals surface area contributed by atoms with E-state index < -0.39 is 33.2 Å². The van der Waals surface area contributed by atoms with E-state index in [9.17, 15) is 23.4 Å². The number of benzene rings is 1. The molecule has 0 aromatic heterocycles. The quantitative estimate of drug-likeness (QED) is 0.361. The molecule has 1 amide bonds. The van der Waals surface area contributed by atoms with Gasteiger partial charge in [-0.2, -0.15) is 12.7 Å². The minimum Gasteiger partial charge on any atom is -0.504 e. The second-order valence-electron chi connectivity index (χ2n) is 12.0. The summed E-state index contributed by atoms with van der Waals surface area (Å²) in [6.45, 7) is 8.62. The number of aliphatic hydroxyl groups is 1. The molecule has 38 heavy (non-hydrogen) atoms. The van der Waals surface area contributed by atoms with Gasteiger partial charge in [0.05, 0.1) is 16.7 Å². The standard InChI is InChI=1S/C27H40N4O6S/c1-15(2)28-25(33)16(3)22(29-38(35,36)30(5)6)24-27-11-12-31(14-17-7-8-17)20(26(27,4)34)13-18-9-10-19(32)23(37-24)21(18)27/h9-10,15,17,20,24,29,32,34H,7-8,11-14H2,1-6H3,(H,28,33)/b22-16-/t20-,24+,26-,27+/m1/s1. The molecule has 10 nitrogen and oxygen atoms in total. The minimum absolute atomic E-state index is 0.0648. The van der Waals surface area contributed by atoms with E-state index in [4.69, 9.17) is 4.74 Å². The fourth-order valence-electron chi connectivity index (χ4n) is 6.64. The van der Waals surface area contributed by atoms with Crippen LogP contribution in [-0.2, 0) is 26.8 Å². The molecule has 5 rings (SSSR count). The van der Waals surface area contributed by atoms with Crippen LogP contribution in [0.4, 0.5) is 0 Å². The molecule has 2 bridgehead atoms. The lowest BCUT2D eigenvalue weighted by atomic mass is 9.53. The van der Waals surface area contributed by atoms with Crippen LogP contribution in [0.3, 0.4) is 0 Å². The lowest BCUT2D eigenvalue weighted by Gasteiger charge is -2.60. The molecule has 2 aliphatic heterocycles. The SMILES string of the molecule is C/C(C(=O)NC(C)C)=C(/NS(=O)(=O)N(C)C)[C@@H]1Oc2c(O)ccc3c2[C@@]12CCN(CC1CC1)[C@H](C3)[C@@]2(C)O. The third-order valence-electron chi connectivity index (χ3n) is 8.89. The van der Waals surface area contributed by atoms with Gasteiger partial charge in [-0.25, -0.2) is 0 Å². The van der Waals surface area contributed by atoms with Crippen molar-refractivity contribution >= 4 is 16.1 Å². The Kier molecular flexibility index (Phi) is 6.53. The normalized spacial score (nSPS) is 31.1. The zero-order valence-corrected chi connectivity index (χ0v) is 23.9. The number of fused-ring (bicyclic) bond motifs is 1. The largest absolute Gasteiger partial charge is 0.504 e. The topological polar surface area (TPSA) is 131 Å². The van der Waals surface area contributed by atoms with Crippen LogP contribution in [0.1, 0.15) is 58.1 Å². The van der Waals surface area contributed by atoms with Crippen molar-refractivity contribution in [2.45, 2.75) is 82.6 Å². The predicted octanol–water partition coefficient (Wildman–Crippen LogP) is 1.38. The number of phenols is 1. The molecule has 0 unspecified atom stereocenters. The first-order valence-electron chi connectivity index (χ1n) is 13.4. The highest BCUT2D eigenvalue weighted by Gasteiger charge is 2.69. The highest BCUT2D eigenvalue weighted by Crippen LogP contribution is 2.63. The summed E-state index contributed by atoms with van der Waals surface area (Å²) in [5.41, 5.74) is -0.515. The molecule has 2 fully saturated rings. The maximum Gasteiger partial charge on any atom is 0.301 e. The maximum absolute atomic E-state index is 13.2. The monoisotopic (exact) mass is 548 g/mol. The van der Waals surface area contributed by atoms with Crippen molar-refractivity contribution in [2.24, 2.45) is 5.92 Å². The van der Waals surface area contributed by atoms with E-state index in [0.29, 0.717) is 30.9 Å². The predicted molar refractivity (Wildman–Crippen MR) is 143 cm³/mol. The second-order valence-corrected chi connectivity index (χ2v) is 13.9. The third-order valence-corrected chi connectivity index (χ3v) is 10.3. The van der Waals surface area contributed by atoms with E-state index >= 15 is 0 Å². The first kappa shape index (κ1) is 27.2. The van der Waals surface area contributed by atoms with Crippen LogP contribution in [0.5, 0.6) is 11.5 Å². The molecule has 1 aromatic carbocycles. The zero-order chi connectivity index (χ0) is 27.8. The number of likely N-dealkylation sites (tertiary alicyclic amines) is 1. The number of amides is 1. The first-order chi connectivity index (χ1) is 17.7. The molecule has 4 aliphatic rings. The lowest BCUT2D eigenvalue weighted by molar-refractivity contribution is -0.150. The van der Waals surface area contributed by atoms with Crippen LogP contribution in [0.15, 0.2) is 23.4 Å². The van der Waals surface area contributed by atoms with Crippen LogP contribution < -0.4 is 14.8 Å². The van der Waals surface area contributed by atoms with Crippen molar-refractivity contribution in [3.63, 3.8) is 0 Å². The Morgan fingerprint density at radius 1 is 1.29 bits per heavy atom. The smallest absolute Gasteiger partial charge is 0.301 e. The Balaban J connectivity index is 1.70. The number of rotatable bonds is 8. The van der Waals surface area contributed by atoms with Crippen LogP contribution in [0, 0.1) is 5.92 Å². The summed E-state index contributed by atoms with van der Waals surface area (Å²) in [5, 5.41) is 26.2. The van der Waals surface area contributed by atoms with E-state index in [1.807, 2.05) is 19.9 Å². The summed E-state index contributed by atoms with van der Waals surface area (Å²) in [5.74, 6) is 0.381. The van der Waals surface area contributed by atoms with Gasteiger partial charge in [-0.1, -0.05) is 6.07 Å². The lowest BCUT2D eigenvalue weighted by Crippen LogP contribution is -2.73. The highest BCUT2D eigenvalue weighted by molar-refractivity contribution is 7.87. The number of phenolic OH excluding ortho intramolecular Hbond substituents is 1. The molecular formula is C27H40N4O6S. The number of hydrogen-bond acceptors (Lipinski definition) is 7. The Hall–Kier alpha value is -2.34. The fourth-order valence-corrected chi connectivity index (χ4v) is 7.36. The highest BCUT2D eigenvalue weighted by atomic mass is 32.2. The van der Waals surface area contributed by atoms with Gasteiger partial charge in [0.2, 0.25) is 5.91 Å². The van der Waals surface area contributed by atoms with Crippen molar-refractivity contribution in [1.29, 1.82) is 0 Å². The van der Waals surface area contributed by atoms with Gasteiger partial charge in [0, 0.05) is 43.9 Å². The van der Waals surface area contributed by atoms with Gasteiger partial charge in [0.15, 0.2) is 17.6 Å². The summed E-state index contributed by atoms with van der Waals surface area (Å²) in [7, 11) is -1.23. The Bertz CT molecular complexity index is 1290. The third kappa shape index (κ3) is 4.09. The number of carbonyl (C=O) groups is 1. The Morgan fingerprint density at radius 3 is 2.58 bits per heavy atom. The van der Waals surface area contributed by atoms with E-state index in [0.717, 1.165) is 16.4 Å². The van der Waals surface area contributed by atoms with Gasteiger partial charge >= 0.3 is 10.2 Å². The summed E-state index contributed by atoms with van der Waals surface area (Å²) < 4.78 is 36.4. The molecule has 2 heterocycles. The van der Waals surface area contributed by atoms with Gasteiger partial charge < -0.3 is 20.3 Å². The molecule has 2 aliphatic carbocycles. The molecule has 1 aromatic rings. The second kappa shape index (κ2) is 9.11. The first-order valence-corrected chi connectivity index (χ1v) is 14.8. The van der Waals surface area contributed by atoms with Gasteiger partial charge in [0.1, 0.15) is 0 Å². The van der Waals surface area contributed by atoms with Crippen molar-refractivity contribution in [3.05, 3.63) is 34.5 Å². The number of aromatic hydroxyl groups is 1. The van der Waals surface area contributed by atoms with E-state index in [2.05, 4.69) is 14.9 Å². The molecule has 11 heteroatoms. The number of nitrogens with zero attached hydrogens (tertiary/aromatic N) is 2. The number of ether oxygens (including phenoxy) is 1. The maximum atomic E-state index is 13.2. The molecular weight excluding hydrogens is 508 g/mol. The molecule has 1 saturated carbocycles. The van der Waals surface area contributed by atoms with Crippen molar-refractivity contribution < 1.29 is 28.2 Å². The molecule has 1 saturated heterocycles. The van der Waals surface area contributed by atoms with E-state index in [1.165, 1.54) is 26.9 Å². The van der Waals surface area contributed by atoms with E-state index in [-0.39, 0.29) is 34.9 Å². The van der Waals surface area contributed by atoms with Crippen LogP contribution in [0.2, 0.25) is 0 Å². The Labute approximate surface area is 225 Å². The van der Waals surface area contributed by atoms with Gasteiger partial charge in [-0.3, -0.25) is 14.4 Å². The van der Waals surface area contributed by atoms with Crippen LogP contribution in [-0.4, -0.2) is 84.7 Å². The number of piperidine rings is 1. The summed E-state index contributed by atoms with van der Waals surface area (Å²) in [6.07, 6.45) is 2.41. The minimum atomic E-state index is -4.04. The zero-order valence-electron chi connectivity index (χ0n) is 23.0. The number of nitrogens with one attached hydrogen (secondary N) is 2. The molecule has 210 valence electrons. The van der Waals surface area contributed by atoms with Gasteiger partial charge in [0.25, 0.3) is 0 Å². The van der Waals surface area contributed by atoms with Crippen molar-refractivity contribution in [1.82, 2.24) is 19.2 Å². The molecule has 4 N–H and O–H groups in total. The van der Waals surface area contributed by atoms with Gasteiger partial charge in [-0.15, -0.1) is 0 Å². The Morgan fingerprint density at radius 2 is 1.97 bits per heavy atom. The summed E-state index contributed by atoms with van der Waals surface area (Å²) in [4.78, 5) is 15.6. The summed E-state index contributed by atoms with van der Waals surface area (Å²) in [6, 6.07) is 3.08. The van der Waals surface area contributed by atoms with Crippen molar-refractivity contribution in [2.75, 3.05) is 27.2 Å². The molecule has 0 radical (unpaired) electrons. The number of hydrogen-bond donors (Lipinski definition) is 4. The average Bonchev–Trinajstić information content (AvgIpc) is 3.56. The fraction of sp³-hybridized carbons (Fsp3) is 0.667. The summed E-state index contributed by atoms with van der Waals surface area (Å²) >= 11 is 0.